The molecule has 1 aliphatic rings. The van der Waals surface area contributed by atoms with Crippen LogP contribution in [0.15, 0.2) is 42.6 Å². The molecule has 2 aromatic heterocycles. The highest BCUT2D eigenvalue weighted by atomic mass is 19.2. The number of para-hydroxylation sites is 1. The molecule has 0 aliphatic carbocycles. The van der Waals surface area contributed by atoms with Gasteiger partial charge in [0, 0.05) is 36.3 Å². The summed E-state index contributed by atoms with van der Waals surface area (Å²) < 4.78 is 42.8. The van der Waals surface area contributed by atoms with Gasteiger partial charge in [-0.05, 0) is 44.0 Å². The molecule has 33 heavy (non-hydrogen) atoms. The van der Waals surface area contributed by atoms with Crippen LogP contribution in [0.3, 0.4) is 0 Å². The van der Waals surface area contributed by atoms with E-state index in [-0.39, 0.29) is 17.5 Å². The summed E-state index contributed by atoms with van der Waals surface area (Å²) in [5.74, 6) is -4.13. The Hall–Kier alpha value is -3.68. The van der Waals surface area contributed by atoms with E-state index >= 15 is 0 Å². The van der Waals surface area contributed by atoms with Gasteiger partial charge < -0.3 is 4.90 Å². The number of nitrogens with zero attached hydrogens (tertiary/aromatic N) is 4. The first kappa shape index (κ1) is 21.2. The molecule has 4 aromatic rings. The van der Waals surface area contributed by atoms with Gasteiger partial charge in [0.1, 0.15) is 0 Å². The Morgan fingerprint density at radius 1 is 1.12 bits per heavy atom. The zero-order valence-corrected chi connectivity index (χ0v) is 18.4. The Morgan fingerprint density at radius 3 is 2.58 bits per heavy atom. The zero-order chi connectivity index (χ0) is 23.4. The number of hydrogen-bond acceptors (Lipinski definition) is 3. The Labute approximate surface area is 188 Å². The van der Waals surface area contributed by atoms with E-state index in [0.29, 0.717) is 29.9 Å². The minimum atomic E-state index is -1.50. The summed E-state index contributed by atoms with van der Waals surface area (Å²) >= 11 is 0. The number of carbonyl (C=O) groups is 1. The van der Waals surface area contributed by atoms with Crippen LogP contribution in [0.25, 0.3) is 22.2 Å². The van der Waals surface area contributed by atoms with Crippen LogP contribution in [0.1, 0.15) is 40.1 Å². The number of pyridine rings is 1. The van der Waals surface area contributed by atoms with Crippen molar-refractivity contribution in [2.75, 3.05) is 6.54 Å². The van der Waals surface area contributed by atoms with Crippen LogP contribution >= 0.6 is 0 Å². The molecule has 0 saturated heterocycles. The number of amides is 1. The number of benzene rings is 2. The average molecular weight is 450 g/mol. The molecule has 0 bridgehead atoms. The first-order valence-electron chi connectivity index (χ1n) is 10.6. The highest BCUT2D eigenvalue weighted by molar-refractivity contribution is 6.06. The summed E-state index contributed by atoms with van der Waals surface area (Å²) in [6, 6.07) is 9.06. The minimum Gasteiger partial charge on any atom is -0.330 e. The van der Waals surface area contributed by atoms with Gasteiger partial charge in [0.2, 0.25) is 0 Å². The maximum absolute atomic E-state index is 13.9. The van der Waals surface area contributed by atoms with Gasteiger partial charge in [0.25, 0.3) is 5.91 Å². The number of aromatic nitrogens is 3. The van der Waals surface area contributed by atoms with Gasteiger partial charge in [-0.25, -0.2) is 13.2 Å². The largest absolute Gasteiger partial charge is 0.330 e. The first-order valence-corrected chi connectivity index (χ1v) is 10.6. The fraction of sp³-hybridized carbons (Fsp3) is 0.240. The van der Waals surface area contributed by atoms with Gasteiger partial charge in [-0.3, -0.25) is 14.5 Å². The van der Waals surface area contributed by atoms with Crippen LogP contribution in [-0.4, -0.2) is 32.1 Å². The molecule has 1 aliphatic heterocycles. The molecule has 0 N–H and O–H groups in total. The van der Waals surface area contributed by atoms with Gasteiger partial charge in [-0.1, -0.05) is 18.2 Å². The molecule has 0 fully saturated rings. The van der Waals surface area contributed by atoms with Crippen molar-refractivity contribution < 1.29 is 18.0 Å². The van der Waals surface area contributed by atoms with Crippen molar-refractivity contribution in [2.24, 2.45) is 7.05 Å². The maximum atomic E-state index is 13.9. The van der Waals surface area contributed by atoms with Crippen molar-refractivity contribution in [3.63, 3.8) is 0 Å². The normalized spacial score (nSPS) is 15.7. The van der Waals surface area contributed by atoms with E-state index in [1.54, 1.807) is 24.2 Å². The summed E-state index contributed by atoms with van der Waals surface area (Å²) in [5, 5.41) is 5.36. The van der Waals surface area contributed by atoms with E-state index in [9.17, 15) is 18.0 Å². The number of carbonyl (C=O) groups excluding carboxylic acids is 1. The molecule has 5 rings (SSSR count). The Balaban J connectivity index is 1.55. The van der Waals surface area contributed by atoms with E-state index in [1.165, 1.54) is 4.68 Å². The first-order chi connectivity index (χ1) is 15.8. The molecule has 168 valence electrons. The summed E-state index contributed by atoms with van der Waals surface area (Å²) in [6.07, 6.45) is 2.09. The molecule has 8 heteroatoms. The van der Waals surface area contributed by atoms with Crippen LogP contribution in [0, 0.1) is 24.4 Å². The number of rotatable bonds is 2. The van der Waals surface area contributed by atoms with Crippen molar-refractivity contribution >= 4 is 16.8 Å². The molecule has 5 nitrogen and oxygen atoms in total. The third kappa shape index (κ3) is 3.28. The fourth-order valence-corrected chi connectivity index (χ4v) is 4.74. The summed E-state index contributed by atoms with van der Waals surface area (Å²) in [4.78, 5) is 19.7. The summed E-state index contributed by atoms with van der Waals surface area (Å²) in [6.45, 7) is 4.25. The second kappa shape index (κ2) is 7.72. The lowest BCUT2D eigenvalue weighted by Gasteiger charge is -2.33. The predicted octanol–water partition coefficient (Wildman–Crippen LogP) is 5.12. The molecule has 0 spiro atoms. The SMILES string of the molecule is Cc1cccc2c(C(=O)N3CCc4c(nn(C)c4-c4cc(F)c(F)c(F)c4)[C@@H]3C)ccnc12. The second-order valence-corrected chi connectivity index (χ2v) is 8.34. The summed E-state index contributed by atoms with van der Waals surface area (Å²) in [5.41, 5.74) is 4.54. The summed E-state index contributed by atoms with van der Waals surface area (Å²) in [7, 11) is 1.67. The standard InChI is InChI=1S/C25H21F3N4O/c1-13-5-4-6-16-17(7-9-29-22(13)16)25(33)32-10-8-18-23(14(32)2)30-31(3)24(18)15-11-19(26)21(28)20(27)12-15/h4-7,9,11-12,14H,8,10H2,1-3H3/t14-/m0/s1. The second-order valence-electron chi connectivity index (χ2n) is 8.34. The fourth-order valence-electron chi connectivity index (χ4n) is 4.74. The van der Waals surface area contributed by atoms with E-state index in [0.717, 1.165) is 34.2 Å². The third-order valence-corrected chi connectivity index (χ3v) is 6.36. The Bertz CT molecular complexity index is 1410. The van der Waals surface area contributed by atoms with Crippen LogP contribution in [0.2, 0.25) is 0 Å². The van der Waals surface area contributed by atoms with Crippen LogP contribution < -0.4 is 0 Å². The van der Waals surface area contributed by atoms with Crippen molar-refractivity contribution in [1.29, 1.82) is 0 Å². The minimum absolute atomic E-state index is 0.128. The predicted molar refractivity (Wildman–Crippen MR) is 118 cm³/mol. The lowest BCUT2D eigenvalue weighted by atomic mass is 9.94. The maximum Gasteiger partial charge on any atom is 0.255 e. The van der Waals surface area contributed by atoms with Crippen molar-refractivity contribution in [3.8, 4) is 11.3 Å². The van der Waals surface area contributed by atoms with E-state index < -0.39 is 17.5 Å². The van der Waals surface area contributed by atoms with Crippen LogP contribution in [0.4, 0.5) is 13.2 Å². The third-order valence-electron chi connectivity index (χ3n) is 6.36. The molecule has 3 heterocycles. The van der Waals surface area contributed by atoms with Crippen LogP contribution in [-0.2, 0) is 13.5 Å². The van der Waals surface area contributed by atoms with Gasteiger partial charge in [-0.15, -0.1) is 0 Å². The van der Waals surface area contributed by atoms with Gasteiger partial charge in [-0.2, -0.15) is 5.10 Å². The van der Waals surface area contributed by atoms with Gasteiger partial charge >= 0.3 is 0 Å². The number of halogens is 3. The lowest BCUT2D eigenvalue weighted by Crippen LogP contribution is -2.39. The highest BCUT2D eigenvalue weighted by Crippen LogP contribution is 2.37. The lowest BCUT2D eigenvalue weighted by molar-refractivity contribution is 0.0675. The Kier molecular flexibility index (Phi) is 4.96. The molecule has 0 unspecified atom stereocenters. The number of fused-ring (bicyclic) bond motifs is 2. The zero-order valence-electron chi connectivity index (χ0n) is 18.4. The quantitative estimate of drug-likeness (QED) is 0.399. The van der Waals surface area contributed by atoms with Crippen LogP contribution in [0.5, 0.6) is 0 Å². The molecule has 1 atom stereocenters. The Morgan fingerprint density at radius 2 is 1.85 bits per heavy atom. The smallest absolute Gasteiger partial charge is 0.255 e. The van der Waals surface area contributed by atoms with Crippen molar-refractivity contribution in [2.45, 2.75) is 26.3 Å². The molecule has 0 saturated carbocycles. The van der Waals surface area contributed by atoms with Gasteiger partial charge in [0.05, 0.1) is 28.5 Å². The number of hydrogen-bond donors (Lipinski definition) is 0. The molecular weight excluding hydrogens is 429 g/mol. The van der Waals surface area contributed by atoms with E-state index in [4.69, 9.17) is 0 Å². The van der Waals surface area contributed by atoms with E-state index in [1.807, 2.05) is 32.0 Å². The van der Waals surface area contributed by atoms with Crippen molar-refractivity contribution in [1.82, 2.24) is 19.7 Å². The molecule has 0 radical (unpaired) electrons. The van der Waals surface area contributed by atoms with Gasteiger partial charge in [0.15, 0.2) is 17.5 Å². The molecule has 1 amide bonds. The average Bonchev–Trinajstić information content (AvgIpc) is 3.14. The number of aryl methyl sites for hydroxylation is 2. The van der Waals surface area contributed by atoms with E-state index in [2.05, 4.69) is 10.1 Å². The van der Waals surface area contributed by atoms with Crippen molar-refractivity contribution in [3.05, 3.63) is 82.4 Å². The molecular formula is C25H21F3N4O. The topological polar surface area (TPSA) is 51.0 Å². The highest BCUT2D eigenvalue weighted by Gasteiger charge is 2.34. The molecule has 2 aromatic carbocycles. The monoisotopic (exact) mass is 450 g/mol.